The molecule has 2 heterocycles. The van der Waals surface area contributed by atoms with Gasteiger partial charge >= 0.3 is 0 Å². The van der Waals surface area contributed by atoms with E-state index in [0.29, 0.717) is 6.54 Å². The highest BCUT2D eigenvalue weighted by atomic mass is 35.5. The summed E-state index contributed by atoms with van der Waals surface area (Å²) in [6, 6.07) is 10.1. The van der Waals surface area contributed by atoms with Gasteiger partial charge in [-0.3, -0.25) is 9.69 Å². The van der Waals surface area contributed by atoms with E-state index >= 15 is 0 Å². The van der Waals surface area contributed by atoms with Crippen LogP contribution in [0, 0.1) is 0 Å². The van der Waals surface area contributed by atoms with E-state index in [-0.39, 0.29) is 18.3 Å². The van der Waals surface area contributed by atoms with Gasteiger partial charge in [0.2, 0.25) is 0 Å². The maximum atomic E-state index is 12.9. The lowest BCUT2D eigenvalue weighted by atomic mass is 10.2. The van der Waals surface area contributed by atoms with E-state index in [1.54, 1.807) is 11.3 Å². The quantitative estimate of drug-likeness (QED) is 0.614. The van der Waals surface area contributed by atoms with Crippen LogP contribution in [0.25, 0.3) is 10.2 Å². The van der Waals surface area contributed by atoms with Gasteiger partial charge in [-0.15, -0.1) is 23.7 Å². The molecule has 2 aromatic heterocycles. The zero-order chi connectivity index (χ0) is 17.1. The third-order valence-corrected chi connectivity index (χ3v) is 5.73. The average Bonchev–Trinajstić information content (AvgIpc) is 3.23. The van der Waals surface area contributed by atoms with Crippen LogP contribution < -0.4 is 4.90 Å². The Labute approximate surface area is 162 Å². The van der Waals surface area contributed by atoms with Gasteiger partial charge in [0, 0.05) is 13.1 Å². The van der Waals surface area contributed by atoms with Gasteiger partial charge in [0.25, 0.3) is 5.91 Å². The first-order valence-electron chi connectivity index (χ1n) is 7.98. The van der Waals surface area contributed by atoms with E-state index in [0.717, 1.165) is 33.2 Å². The monoisotopic (exact) mass is 395 g/mol. The number of likely N-dealkylation sites (N-methyl/N-ethyl adjacent to an activating group) is 1. The van der Waals surface area contributed by atoms with Crippen molar-refractivity contribution in [1.29, 1.82) is 0 Å². The Morgan fingerprint density at radius 1 is 1.20 bits per heavy atom. The summed E-state index contributed by atoms with van der Waals surface area (Å²) in [4.78, 5) is 22.3. The molecule has 0 atom stereocenters. The molecule has 134 valence electrons. The van der Waals surface area contributed by atoms with Crippen molar-refractivity contribution in [3.63, 3.8) is 0 Å². The summed E-state index contributed by atoms with van der Waals surface area (Å²) in [5.74, 6) is 0.0293. The Balaban J connectivity index is 0.00000225. The third kappa shape index (κ3) is 4.58. The molecule has 1 amide bonds. The molecule has 3 aromatic rings. The molecular formula is C18H22ClN3OS2. The smallest absolute Gasteiger partial charge is 0.270 e. The van der Waals surface area contributed by atoms with Crippen molar-refractivity contribution >= 4 is 56.3 Å². The number of carbonyl (C=O) groups excluding carboxylic acids is 1. The van der Waals surface area contributed by atoms with Crippen molar-refractivity contribution in [3.8, 4) is 0 Å². The second-order valence-electron chi connectivity index (χ2n) is 5.89. The molecule has 0 aliphatic heterocycles. The number of aryl methyl sites for hydroxylation is 1. The standard InChI is InChI=1S/C18H21N3OS2.ClH/c1-4-13-7-8-14-16(12-13)24-18(19-14)21(10-9-20(2)3)17(22)15-6-5-11-23-15;/h5-8,11-12H,4,9-10H2,1-3H3;1H. The lowest BCUT2D eigenvalue weighted by molar-refractivity contribution is 0.0989. The number of rotatable bonds is 6. The number of halogens is 1. The number of amides is 1. The van der Waals surface area contributed by atoms with Crippen molar-refractivity contribution in [1.82, 2.24) is 9.88 Å². The topological polar surface area (TPSA) is 36.4 Å². The molecule has 0 aliphatic carbocycles. The fourth-order valence-electron chi connectivity index (χ4n) is 2.41. The first kappa shape index (κ1) is 19.8. The number of hydrogen-bond acceptors (Lipinski definition) is 5. The highest BCUT2D eigenvalue weighted by molar-refractivity contribution is 7.22. The van der Waals surface area contributed by atoms with Crippen LogP contribution in [0.4, 0.5) is 5.13 Å². The minimum Gasteiger partial charge on any atom is -0.308 e. The number of carbonyl (C=O) groups is 1. The maximum Gasteiger partial charge on any atom is 0.270 e. The normalized spacial score (nSPS) is 10.9. The number of benzene rings is 1. The van der Waals surface area contributed by atoms with Crippen LogP contribution in [0.1, 0.15) is 22.2 Å². The first-order valence-corrected chi connectivity index (χ1v) is 9.67. The average molecular weight is 396 g/mol. The summed E-state index contributed by atoms with van der Waals surface area (Å²) >= 11 is 3.07. The molecule has 0 radical (unpaired) electrons. The highest BCUT2D eigenvalue weighted by Crippen LogP contribution is 2.31. The van der Waals surface area contributed by atoms with E-state index in [1.165, 1.54) is 16.9 Å². The number of anilines is 1. The van der Waals surface area contributed by atoms with Gasteiger partial charge in [0.15, 0.2) is 5.13 Å². The largest absolute Gasteiger partial charge is 0.308 e. The minimum absolute atomic E-state index is 0. The van der Waals surface area contributed by atoms with Crippen molar-refractivity contribution < 1.29 is 4.79 Å². The molecule has 0 bridgehead atoms. The fraction of sp³-hybridized carbons (Fsp3) is 0.333. The Morgan fingerprint density at radius 3 is 2.64 bits per heavy atom. The van der Waals surface area contributed by atoms with Gasteiger partial charge < -0.3 is 4.90 Å². The SMILES string of the molecule is CCc1ccc2nc(N(CCN(C)C)C(=O)c3cccs3)sc2c1.Cl. The van der Waals surface area contributed by atoms with Gasteiger partial charge in [-0.25, -0.2) is 4.98 Å². The van der Waals surface area contributed by atoms with Gasteiger partial charge in [0.05, 0.1) is 15.1 Å². The molecule has 0 saturated heterocycles. The van der Waals surface area contributed by atoms with E-state index in [9.17, 15) is 4.79 Å². The summed E-state index contributed by atoms with van der Waals surface area (Å²) < 4.78 is 1.14. The molecule has 0 spiro atoms. The van der Waals surface area contributed by atoms with Crippen molar-refractivity contribution in [2.24, 2.45) is 0 Å². The lowest BCUT2D eigenvalue weighted by Gasteiger charge is -2.21. The lowest BCUT2D eigenvalue weighted by Crippen LogP contribution is -2.36. The van der Waals surface area contributed by atoms with Gasteiger partial charge in [-0.05, 0) is 49.7 Å². The van der Waals surface area contributed by atoms with Crippen molar-refractivity contribution in [2.75, 3.05) is 32.1 Å². The zero-order valence-corrected chi connectivity index (χ0v) is 17.0. The molecule has 0 aliphatic rings. The van der Waals surface area contributed by atoms with Crippen LogP contribution in [0.5, 0.6) is 0 Å². The molecular weight excluding hydrogens is 374 g/mol. The number of aromatic nitrogens is 1. The van der Waals surface area contributed by atoms with E-state index in [4.69, 9.17) is 4.98 Å². The van der Waals surface area contributed by atoms with Crippen LogP contribution in [0.3, 0.4) is 0 Å². The number of hydrogen-bond donors (Lipinski definition) is 0. The van der Waals surface area contributed by atoms with Crippen LogP contribution in [-0.4, -0.2) is 43.0 Å². The summed E-state index contributed by atoms with van der Waals surface area (Å²) in [7, 11) is 4.03. The molecule has 4 nitrogen and oxygen atoms in total. The Morgan fingerprint density at radius 2 is 2.00 bits per heavy atom. The minimum atomic E-state index is 0. The highest BCUT2D eigenvalue weighted by Gasteiger charge is 2.22. The molecule has 0 N–H and O–H groups in total. The van der Waals surface area contributed by atoms with E-state index < -0.39 is 0 Å². The molecule has 1 aromatic carbocycles. The number of thiophene rings is 1. The number of fused-ring (bicyclic) bond motifs is 1. The summed E-state index contributed by atoms with van der Waals surface area (Å²) in [5, 5.41) is 2.71. The van der Waals surface area contributed by atoms with Gasteiger partial charge in [-0.1, -0.05) is 30.4 Å². The Bertz CT molecular complexity index is 830. The van der Waals surface area contributed by atoms with Gasteiger partial charge in [-0.2, -0.15) is 0 Å². The maximum absolute atomic E-state index is 12.9. The first-order chi connectivity index (χ1) is 11.6. The van der Waals surface area contributed by atoms with Crippen LogP contribution in [0.2, 0.25) is 0 Å². The molecule has 7 heteroatoms. The molecule has 0 unspecified atom stereocenters. The fourth-order valence-corrected chi connectivity index (χ4v) is 4.14. The summed E-state index contributed by atoms with van der Waals surface area (Å²) in [6.07, 6.45) is 1.00. The zero-order valence-electron chi connectivity index (χ0n) is 14.6. The number of nitrogens with zero attached hydrogens (tertiary/aromatic N) is 3. The Hall–Kier alpha value is -1.47. The molecule has 25 heavy (non-hydrogen) atoms. The molecule has 0 fully saturated rings. The van der Waals surface area contributed by atoms with Crippen LogP contribution >= 0.6 is 35.1 Å². The van der Waals surface area contributed by atoms with E-state index in [2.05, 4.69) is 24.0 Å². The van der Waals surface area contributed by atoms with Crippen molar-refractivity contribution in [3.05, 3.63) is 46.2 Å². The summed E-state index contributed by atoms with van der Waals surface area (Å²) in [6.45, 7) is 3.57. The summed E-state index contributed by atoms with van der Waals surface area (Å²) in [5.41, 5.74) is 2.25. The van der Waals surface area contributed by atoms with Crippen LogP contribution in [-0.2, 0) is 6.42 Å². The predicted molar refractivity (Wildman–Crippen MR) is 111 cm³/mol. The second-order valence-corrected chi connectivity index (χ2v) is 7.85. The molecule has 3 rings (SSSR count). The number of thiazole rings is 1. The van der Waals surface area contributed by atoms with Gasteiger partial charge in [0.1, 0.15) is 0 Å². The second kappa shape index (κ2) is 8.76. The Kier molecular flexibility index (Phi) is 6.95. The third-order valence-electron chi connectivity index (χ3n) is 3.83. The predicted octanol–water partition coefficient (Wildman–Crippen LogP) is 4.55. The van der Waals surface area contributed by atoms with E-state index in [1.807, 2.05) is 42.6 Å². The van der Waals surface area contributed by atoms with Crippen molar-refractivity contribution in [2.45, 2.75) is 13.3 Å². The molecule has 0 saturated carbocycles. The van der Waals surface area contributed by atoms with Crippen LogP contribution in [0.15, 0.2) is 35.7 Å².